The van der Waals surface area contributed by atoms with Gasteiger partial charge in [-0.15, -0.1) is 23.7 Å². The van der Waals surface area contributed by atoms with Gasteiger partial charge in [0.05, 0.1) is 21.5 Å². The lowest BCUT2D eigenvalue weighted by molar-refractivity contribution is -0.119. The quantitative estimate of drug-likeness (QED) is 0.136. The lowest BCUT2D eigenvalue weighted by atomic mass is 10.0. The van der Waals surface area contributed by atoms with E-state index in [0.717, 1.165) is 65.9 Å². The molecule has 0 aliphatic carbocycles. The van der Waals surface area contributed by atoms with E-state index in [4.69, 9.17) is 28.2 Å². The summed E-state index contributed by atoms with van der Waals surface area (Å²) in [5, 5.41) is 10.0. The van der Waals surface area contributed by atoms with E-state index in [1.54, 1.807) is 11.3 Å². The van der Waals surface area contributed by atoms with Gasteiger partial charge in [-0.25, -0.2) is 4.98 Å². The molecule has 0 atom stereocenters. The van der Waals surface area contributed by atoms with Gasteiger partial charge < -0.3 is 10.6 Å². The maximum absolute atomic E-state index is 12.6. The van der Waals surface area contributed by atoms with Crippen LogP contribution in [0.25, 0.3) is 11.3 Å². The third-order valence-corrected chi connectivity index (χ3v) is 9.68. The largest absolute Gasteiger partial charge is 0.385 e. The molecule has 2 aromatic carbocycles. The van der Waals surface area contributed by atoms with Gasteiger partial charge in [-0.1, -0.05) is 85.8 Å². The third-order valence-electron chi connectivity index (χ3n) is 6.92. The molecule has 2 N–H and O–H groups in total. The lowest BCUT2D eigenvalue weighted by Crippen LogP contribution is -2.44. The van der Waals surface area contributed by atoms with Crippen LogP contribution in [-0.2, 0) is 11.3 Å². The summed E-state index contributed by atoms with van der Waals surface area (Å²) in [7, 11) is 0. The Balaban J connectivity index is 0.00000441. The molecule has 1 aromatic heterocycles. The number of halogens is 3. The van der Waals surface area contributed by atoms with Crippen LogP contribution in [0.15, 0.2) is 52.2 Å². The normalized spacial score (nSPS) is 14.1. The summed E-state index contributed by atoms with van der Waals surface area (Å²) in [6.07, 6.45) is 8.28. The number of aromatic nitrogens is 1. The number of carbonyl (C=O) groups excluding carboxylic acids is 1. The Morgan fingerprint density at radius 2 is 1.88 bits per heavy atom. The van der Waals surface area contributed by atoms with Gasteiger partial charge in [0.25, 0.3) is 0 Å². The zero-order chi connectivity index (χ0) is 27.5. The first-order valence-electron chi connectivity index (χ1n) is 13.9. The fourth-order valence-corrected chi connectivity index (χ4v) is 6.70. The molecule has 1 saturated heterocycles. The Morgan fingerprint density at radius 3 is 2.65 bits per heavy atom. The highest BCUT2D eigenvalue weighted by atomic mass is 35.5. The van der Waals surface area contributed by atoms with E-state index in [1.165, 1.54) is 43.9 Å². The second kappa shape index (κ2) is 17.5. The number of carbonyl (C=O) groups is 1. The van der Waals surface area contributed by atoms with Gasteiger partial charge in [0.2, 0.25) is 5.91 Å². The van der Waals surface area contributed by atoms with Crippen molar-refractivity contribution in [1.82, 2.24) is 15.2 Å². The minimum Gasteiger partial charge on any atom is -0.385 e. The molecule has 5 nitrogen and oxygen atoms in total. The van der Waals surface area contributed by atoms with Crippen molar-refractivity contribution < 1.29 is 4.79 Å². The summed E-state index contributed by atoms with van der Waals surface area (Å²) in [6, 6.07) is 14.5. The molecule has 4 rings (SSSR count). The van der Waals surface area contributed by atoms with Crippen molar-refractivity contribution in [2.75, 3.05) is 30.7 Å². The van der Waals surface area contributed by atoms with Crippen molar-refractivity contribution in [1.29, 1.82) is 0 Å². The van der Waals surface area contributed by atoms with Crippen LogP contribution in [-0.4, -0.2) is 47.2 Å². The molecule has 1 fully saturated rings. The number of amides is 1. The smallest absolute Gasteiger partial charge is 0.230 e. The molecular weight excluding hydrogens is 603 g/mol. The second-order valence-electron chi connectivity index (χ2n) is 10.1. The summed E-state index contributed by atoms with van der Waals surface area (Å²) in [4.78, 5) is 19.8. The van der Waals surface area contributed by atoms with Crippen molar-refractivity contribution in [3.8, 4) is 11.3 Å². The van der Waals surface area contributed by atoms with E-state index in [-0.39, 0.29) is 24.4 Å². The van der Waals surface area contributed by atoms with Crippen LogP contribution in [0.4, 0.5) is 5.69 Å². The van der Waals surface area contributed by atoms with Gasteiger partial charge in [0, 0.05) is 48.9 Å². The number of benzene rings is 2. The highest BCUT2D eigenvalue weighted by Crippen LogP contribution is 2.30. The Kier molecular flexibility index (Phi) is 14.4. The maximum atomic E-state index is 12.6. The Hall–Kier alpha value is -1.48. The SMILES string of the molecule is CCCCCCCNc1cccc(-c2csc(SCC(=O)NC3CCN(Cc4ccc(Cl)c(Cl)c4)CC3)n2)c1.Cl. The van der Waals surface area contributed by atoms with Gasteiger partial charge in [0.15, 0.2) is 4.34 Å². The lowest BCUT2D eigenvalue weighted by Gasteiger charge is -2.32. The predicted octanol–water partition coefficient (Wildman–Crippen LogP) is 8.79. The van der Waals surface area contributed by atoms with Crippen LogP contribution in [0.5, 0.6) is 0 Å². The molecule has 218 valence electrons. The molecular formula is C30H39Cl3N4OS2. The zero-order valence-electron chi connectivity index (χ0n) is 23.0. The van der Waals surface area contributed by atoms with Crippen LogP contribution >= 0.6 is 58.7 Å². The average Bonchev–Trinajstić information content (AvgIpc) is 3.42. The topological polar surface area (TPSA) is 57.3 Å². The Morgan fingerprint density at radius 1 is 1.07 bits per heavy atom. The molecule has 1 aliphatic rings. The number of unbranched alkanes of at least 4 members (excludes halogenated alkanes) is 4. The van der Waals surface area contributed by atoms with Crippen molar-refractivity contribution in [2.45, 2.75) is 68.8 Å². The van der Waals surface area contributed by atoms with Crippen molar-refractivity contribution in [3.05, 3.63) is 63.5 Å². The number of thiazole rings is 1. The first-order chi connectivity index (χ1) is 19.0. The van der Waals surface area contributed by atoms with Gasteiger partial charge in [0.1, 0.15) is 0 Å². The molecule has 0 spiro atoms. The maximum Gasteiger partial charge on any atom is 0.230 e. The molecule has 1 aliphatic heterocycles. The number of nitrogens with zero attached hydrogens (tertiary/aromatic N) is 2. The Bertz CT molecular complexity index is 1200. The fraction of sp³-hybridized carbons (Fsp3) is 0.467. The number of thioether (sulfide) groups is 1. The number of hydrogen-bond donors (Lipinski definition) is 2. The highest BCUT2D eigenvalue weighted by Gasteiger charge is 2.21. The Labute approximate surface area is 263 Å². The first-order valence-corrected chi connectivity index (χ1v) is 16.5. The third kappa shape index (κ3) is 10.7. The molecule has 0 unspecified atom stereocenters. The van der Waals surface area contributed by atoms with Crippen LogP contribution in [0.3, 0.4) is 0 Å². The molecule has 0 saturated carbocycles. The number of likely N-dealkylation sites (tertiary alicyclic amines) is 1. The summed E-state index contributed by atoms with van der Waals surface area (Å²) in [5.74, 6) is 0.459. The monoisotopic (exact) mass is 640 g/mol. The van der Waals surface area contributed by atoms with E-state index in [0.29, 0.717) is 15.8 Å². The molecule has 3 aromatic rings. The fourth-order valence-electron chi connectivity index (χ4n) is 4.73. The molecule has 2 heterocycles. The second-order valence-corrected chi connectivity index (χ2v) is 13.0. The summed E-state index contributed by atoms with van der Waals surface area (Å²) in [6.45, 7) is 5.98. The number of anilines is 1. The number of hydrogen-bond acceptors (Lipinski definition) is 6. The standard InChI is InChI=1S/C30H38Cl2N4OS2.ClH/c1-2-3-4-5-6-14-33-25-9-7-8-23(18-25)28-20-38-30(35-28)39-21-29(37)34-24-12-15-36(16-13-24)19-22-10-11-26(31)27(32)17-22;/h7-11,17-18,20,24,33H,2-6,12-16,19,21H2,1H3,(H,34,37);1H. The van der Waals surface area contributed by atoms with E-state index >= 15 is 0 Å². The van der Waals surface area contributed by atoms with Crippen molar-refractivity contribution in [2.24, 2.45) is 0 Å². The first kappa shape index (κ1) is 33.0. The molecule has 10 heteroatoms. The number of nitrogens with one attached hydrogen (secondary N) is 2. The highest BCUT2D eigenvalue weighted by molar-refractivity contribution is 8.01. The average molecular weight is 642 g/mol. The van der Waals surface area contributed by atoms with Gasteiger partial charge >= 0.3 is 0 Å². The van der Waals surface area contributed by atoms with E-state index in [2.05, 4.69) is 52.1 Å². The van der Waals surface area contributed by atoms with E-state index < -0.39 is 0 Å². The minimum atomic E-state index is 0. The van der Waals surface area contributed by atoms with Crippen molar-refractivity contribution >= 4 is 70.3 Å². The van der Waals surface area contributed by atoms with Crippen LogP contribution in [0, 0.1) is 0 Å². The minimum absolute atomic E-state index is 0. The molecule has 40 heavy (non-hydrogen) atoms. The van der Waals surface area contributed by atoms with Crippen molar-refractivity contribution in [3.63, 3.8) is 0 Å². The van der Waals surface area contributed by atoms with E-state index in [9.17, 15) is 4.79 Å². The molecule has 0 radical (unpaired) electrons. The molecule has 1 amide bonds. The van der Waals surface area contributed by atoms with Crippen LogP contribution in [0.1, 0.15) is 57.4 Å². The molecule has 0 bridgehead atoms. The summed E-state index contributed by atoms with van der Waals surface area (Å²) >= 11 is 15.3. The van der Waals surface area contributed by atoms with Gasteiger partial charge in [-0.2, -0.15) is 0 Å². The number of rotatable bonds is 14. The summed E-state index contributed by atoms with van der Waals surface area (Å²) < 4.78 is 0.922. The van der Waals surface area contributed by atoms with Crippen LogP contribution < -0.4 is 10.6 Å². The zero-order valence-corrected chi connectivity index (χ0v) is 26.9. The summed E-state index contributed by atoms with van der Waals surface area (Å²) in [5.41, 5.74) is 4.36. The predicted molar refractivity (Wildman–Crippen MR) is 176 cm³/mol. The van der Waals surface area contributed by atoms with Gasteiger partial charge in [-0.05, 0) is 49.1 Å². The number of piperidine rings is 1. The van der Waals surface area contributed by atoms with Gasteiger partial charge in [-0.3, -0.25) is 9.69 Å². The van der Waals surface area contributed by atoms with Crippen LogP contribution in [0.2, 0.25) is 10.0 Å². The van der Waals surface area contributed by atoms with E-state index in [1.807, 2.05) is 18.2 Å².